The van der Waals surface area contributed by atoms with Crippen LogP contribution in [0.4, 0.5) is 0 Å². The molecule has 7 nitrogen and oxygen atoms in total. The maximum atomic E-state index is 12.1. The maximum Gasteiger partial charge on any atom is 0.360 e. The fourth-order valence-corrected chi connectivity index (χ4v) is 1.92. The number of aromatic nitrogens is 2. The van der Waals surface area contributed by atoms with E-state index in [1.807, 2.05) is 0 Å². The average molecular weight is 260 g/mol. The van der Waals surface area contributed by atoms with Crippen molar-refractivity contribution in [2.24, 2.45) is 0 Å². The monoisotopic (exact) mass is 260 g/mol. The maximum absolute atomic E-state index is 12.1. The average Bonchev–Trinajstić information content (AvgIpc) is 2.84. The van der Waals surface area contributed by atoms with Gasteiger partial charge in [-0.2, -0.15) is 5.10 Å². The first-order valence-electron chi connectivity index (χ1n) is 5.34. The molecule has 96 valence electrons. The van der Waals surface area contributed by atoms with Crippen LogP contribution in [0.15, 0.2) is 23.5 Å². The molecule has 7 heteroatoms. The Balaban J connectivity index is 2.46. The van der Waals surface area contributed by atoms with Crippen molar-refractivity contribution in [1.82, 2.24) is 9.78 Å². The number of ether oxygens (including phenoxy) is 2. The van der Waals surface area contributed by atoms with Crippen LogP contribution in [0.25, 0.3) is 17.1 Å². The number of aromatic carboxylic acids is 1. The molecular formula is C12H8N2O5. The minimum atomic E-state index is -1.39. The molecule has 0 saturated heterocycles. The molecule has 0 fully saturated rings. The Kier molecular flexibility index (Phi) is 2.28. The molecular weight excluding hydrogens is 252 g/mol. The van der Waals surface area contributed by atoms with Gasteiger partial charge >= 0.3 is 5.97 Å². The Morgan fingerprint density at radius 2 is 2.11 bits per heavy atom. The van der Waals surface area contributed by atoms with Gasteiger partial charge in [0, 0.05) is 12.3 Å². The number of nitrogens with zero attached hydrogens (tertiary/aromatic N) is 2. The molecule has 1 aromatic heterocycles. The van der Waals surface area contributed by atoms with E-state index >= 15 is 0 Å². The summed E-state index contributed by atoms with van der Waals surface area (Å²) in [6.07, 6.45) is 1.32. The van der Waals surface area contributed by atoms with E-state index in [-0.39, 0.29) is 12.2 Å². The highest BCUT2D eigenvalue weighted by molar-refractivity contribution is 5.92. The first kappa shape index (κ1) is 11.3. The second-order valence-corrected chi connectivity index (χ2v) is 3.83. The fraction of sp³-hybridized carbons (Fsp3) is 0.0833. The van der Waals surface area contributed by atoms with Gasteiger partial charge in [-0.25, -0.2) is 9.48 Å². The number of carboxylic acid groups (broad SMARTS) is 1. The minimum absolute atomic E-state index is 0.0627. The van der Waals surface area contributed by atoms with Crippen LogP contribution in [0, 0.1) is 0 Å². The molecule has 1 aliphatic rings. The molecule has 2 heterocycles. The summed E-state index contributed by atoms with van der Waals surface area (Å²) in [4.78, 5) is 23.1. The van der Waals surface area contributed by atoms with Crippen LogP contribution < -0.4 is 14.9 Å². The van der Waals surface area contributed by atoms with E-state index < -0.39 is 17.1 Å². The van der Waals surface area contributed by atoms with Crippen LogP contribution in [0.5, 0.6) is 11.5 Å². The number of hydrogen-bond acceptors (Lipinski definition) is 5. The van der Waals surface area contributed by atoms with E-state index in [4.69, 9.17) is 14.6 Å². The third kappa shape index (κ3) is 1.55. The normalized spacial score (nSPS) is 12.6. The van der Waals surface area contributed by atoms with Crippen LogP contribution >= 0.6 is 0 Å². The quantitative estimate of drug-likeness (QED) is 0.863. The van der Waals surface area contributed by atoms with Crippen LogP contribution in [-0.4, -0.2) is 27.6 Å². The molecule has 1 aromatic carbocycles. The van der Waals surface area contributed by atoms with Gasteiger partial charge in [0.05, 0.1) is 10.9 Å². The summed E-state index contributed by atoms with van der Waals surface area (Å²) in [7, 11) is 0. The van der Waals surface area contributed by atoms with Crippen LogP contribution in [0.3, 0.4) is 0 Å². The largest absolute Gasteiger partial charge is 0.476 e. The van der Waals surface area contributed by atoms with Gasteiger partial charge in [0.15, 0.2) is 11.5 Å². The summed E-state index contributed by atoms with van der Waals surface area (Å²) in [6.45, 7) is 3.60. The number of hydrogen-bond donors (Lipinski definition) is 1. The minimum Gasteiger partial charge on any atom is -0.476 e. The molecule has 0 unspecified atom stereocenters. The number of benzene rings is 1. The smallest absolute Gasteiger partial charge is 0.360 e. The molecule has 2 aromatic rings. The molecule has 0 atom stereocenters. The summed E-state index contributed by atoms with van der Waals surface area (Å²) in [5, 5.41) is 12.9. The van der Waals surface area contributed by atoms with Gasteiger partial charge in [0.1, 0.15) is 0 Å². The first-order valence-corrected chi connectivity index (χ1v) is 5.34. The topological polar surface area (TPSA) is 90.7 Å². The Hall–Kier alpha value is -2.83. The van der Waals surface area contributed by atoms with Crippen LogP contribution in [0.2, 0.25) is 0 Å². The molecule has 1 aliphatic heterocycles. The molecule has 3 rings (SSSR count). The van der Waals surface area contributed by atoms with Crippen molar-refractivity contribution in [3.8, 4) is 11.5 Å². The van der Waals surface area contributed by atoms with Crippen molar-refractivity contribution < 1.29 is 19.4 Å². The van der Waals surface area contributed by atoms with Crippen molar-refractivity contribution in [1.29, 1.82) is 0 Å². The van der Waals surface area contributed by atoms with E-state index in [1.54, 1.807) is 6.07 Å². The summed E-state index contributed by atoms with van der Waals surface area (Å²) >= 11 is 0. The lowest BCUT2D eigenvalue weighted by atomic mass is 10.1. The highest BCUT2D eigenvalue weighted by Crippen LogP contribution is 2.34. The summed E-state index contributed by atoms with van der Waals surface area (Å²) in [5.74, 6) is -0.504. The van der Waals surface area contributed by atoms with Gasteiger partial charge in [-0.15, -0.1) is 0 Å². The van der Waals surface area contributed by atoms with Crippen molar-refractivity contribution in [3.05, 3.63) is 34.6 Å². The molecule has 0 amide bonds. The van der Waals surface area contributed by atoms with Gasteiger partial charge in [-0.05, 0) is 6.07 Å². The predicted molar refractivity (Wildman–Crippen MR) is 65.5 cm³/mol. The summed E-state index contributed by atoms with van der Waals surface area (Å²) in [6, 6.07) is 3.02. The fourth-order valence-electron chi connectivity index (χ4n) is 1.92. The lowest BCUT2D eigenvalue weighted by Crippen LogP contribution is -2.21. The Morgan fingerprint density at radius 1 is 1.42 bits per heavy atom. The third-order valence-corrected chi connectivity index (χ3v) is 2.78. The zero-order valence-corrected chi connectivity index (χ0v) is 9.62. The first-order chi connectivity index (χ1) is 9.11. The van der Waals surface area contributed by atoms with E-state index in [9.17, 15) is 9.59 Å². The highest BCUT2D eigenvalue weighted by atomic mass is 16.7. The third-order valence-electron chi connectivity index (χ3n) is 2.78. The molecule has 0 radical (unpaired) electrons. The molecule has 0 spiro atoms. The molecule has 0 saturated carbocycles. The van der Waals surface area contributed by atoms with Gasteiger partial charge in [0.25, 0.3) is 0 Å². The number of rotatable bonds is 2. The zero-order chi connectivity index (χ0) is 13.6. The number of fused-ring (bicyclic) bond motifs is 2. The van der Waals surface area contributed by atoms with Gasteiger partial charge in [-0.3, -0.25) is 4.79 Å². The second kappa shape index (κ2) is 3.84. The van der Waals surface area contributed by atoms with Crippen molar-refractivity contribution in [2.75, 3.05) is 6.79 Å². The summed E-state index contributed by atoms with van der Waals surface area (Å²) < 4.78 is 11.6. The Labute approximate surface area is 106 Å². The zero-order valence-electron chi connectivity index (χ0n) is 9.62. The standard InChI is InChI=1S/C12H8N2O5/c1-2-14-7-4-9-8(18-5-19-9)3-6(7)11(15)10(13-14)12(16)17/h2-4H,1,5H2,(H,16,17). The van der Waals surface area contributed by atoms with E-state index in [0.717, 1.165) is 0 Å². The molecule has 0 aliphatic carbocycles. The Bertz CT molecular complexity index is 778. The lowest BCUT2D eigenvalue weighted by Gasteiger charge is -2.07. The van der Waals surface area contributed by atoms with E-state index in [1.165, 1.54) is 16.9 Å². The van der Waals surface area contributed by atoms with Crippen molar-refractivity contribution in [3.63, 3.8) is 0 Å². The van der Waals surface area contributed by atoms with Gasteiger partial charge < -0.3 is 14.6 Å². The Morgan fingerprint density at radius 3 is 2.74 bits per heavy atom. The van der Waals surface area contributed by atoms with Gasteiger partial charge in [0.2, 0.25) is 17.9 Å². The molecule has 1 N–H and O–H groups in total. The highest BCUT2D eigenvalue weighted by Gasteiger charge is 2.21. The van der Waals surface area contributed by atoms with Crippen LogP contribution in [-0.2, 0) is 0 Å². The van der Waals surface area contributed by atoms with Crippen LogP contribution in [0.1, 0.15) is 10.5 Å². The van der Waals surface area contributed by atoms with Gasteiger partial charge in [-0.1, -0.05) is 6.58 Å². The van der Waals surface area contributed by atoms with Crippen molar-refractivity contribution >= 4 is 23.1 Å². The lowest BCUT2D eigenvalue weighted by molar-refractivity contribution is 0.0687. The van der Waals surface area contributed by atoms with Crippen molar-refractivity contribution in [2.45, 2.75) is 0 Å². The summed E-state index contributed by atoms with van der Waals surface area (Å²) in [5.41, 5.74) is -0.820. The SMILES string of the molecule is C=Cn1nc(C(=O)O)c(=O)c2cc3c(cc21)OCO3. The number of carboxylic acids is 1. The van der Waals surface area contributed by atoms with E-state index in [2.05, 4.69) is 11.7 Å². The molecule has 0 bridgehead atoms. The molecule has 19 heavy (non-hydrogen) atoms. The van der Waals surface area contributed by atoms with E-state index in [0.29, 0.717) is 17.0 Å². The second-order valence-electron chi connectivity index (χ2n) is 3.83. The predicted octanol–water partition coefficient (Wildman–Crippen LogP) is 0.924. The number of carbonyl (C=O) groups is 1.